The fourth-order valence-electron chi connectivity index (χ4n) is 3.18. The standard InChI is InChI=1S/C19H16N4O8S/c20-32(27,28)12-5-6-18(15(9-12)23(25)26)31-11-19(24)22-14(17-4-2-8-30-17)10-13(21-22)16-3-1-7-29-16/h1-9,14H,10-11H2,(H2,20,27,28). The zero-order valence-corrected chi connectivity index (χ0v) is 17.1. The Kier molecular flexibility index (Phi) is 5.50. The van der Waals surface area contributed by atoms with Crippen LogP contribution < -0.4 is 9.88 Å². The zero-order chi connectivity index (χ0) is 22.9. The predicted molar refractivity (Wildman–Crippen MR) is 108 cm³/mol. The number of ether oxygens (including phenoxy) is 1. The molecule has 0 fully saturated rings. The molecule has 0 aliphatic carbocycles. The highest BCUT2D eigenvalue weighted by atomic mass is 32.2. The van der Waals surface area contributed by atoms with Crippen LogP contribution in [0.15, 0.2) is 73.8 Å². The number of nitro groups is 1. The Bertz CT molecular complexity index is 1280. The van der Waals surface area contributed by atoms with Gasteiger partial charge in [0.25, 0.3) is 5.91 Å². The van der Waals surface area contributed by atoms with Gasteiger partial charge in [0.1, 0.15) is 23.3 Å². The molecule has 3 aromatic rings. The largest absolute Gasteiger partial charge is 0.477 e. The summed E-state index contributed by atoms with van der Waals surface area (Å²) in [5.41, 5.74) is -0.124. The minimum absolute atomic E-state index is 0.292. The second kappa shape index (κ2) is 8.28. The van der Waals surface area contributed by atoms with Crippen LogP contribution >= 0.6 is 0 Å². The van der Waals surface area contributed by atoms with Crippen LogP contribution in [-0.4, -0.2) is 36.6 Å². The van der Waals surface area contributed by atoms with Gasteiger partial charge in [0.2, 0.25) is 10.0 Å². The molecule has 1 aliphatic rings. The Morgan fingerprint density at radius 2 is 2.00 bits per heavy atom. The van der Waals surface area contributed by atoms with Crippen molar-refractivity contribution in [3.05, 3.63) is 76.6 Å². The van der Waals surface area contributed by atoms with Gasteiger partial charge in [-0.2, -0.15) is 5.10 Å². The molecule has 166 valence electrons. The number of carbonyl (C=O) groups excluding carboxylic acids is 1. The minimum atomic E-state index is -4.15. The van der Waals surface area contributed by atoms with Gasteiger partial charge in [-0.05, 0) is 36.4 Å². The number of nitrogens with zero attached hydrogens (tertiary/aromatic N) is 3. The van der Waals surface area contributed by atoms with Crippen molar-refractivity contribution in [1.29, 1.82) is 0 Å². The lowest BCUT2D eigenvalue weighted by molar-refractivity contribution is -0.386. The van der Waals surface area contributed by atoms with E-state index in [-0.39, 0.29) is 5.75 Å². The van der Waals surface area contributed by atoms with E-state index < -0.39 is 44.1 Å². The third-order valence-corrected chi connectivity index (χ3v) is 5.56. The van der Waals surface area contributed by atoms with Crippen LogP contribution in [0.2, 0.25) is 0 Å². The van der Waals surface area contributed by atoms with Crippen molar-refractivity contribution in [2.75, 3.05) is 6.61 Å². The second-order valence-electron chi connectivity index (χ2n) is 6.72. The summed E-state index contributed by atoms with van der Waals surface area (Å²) in [4.78, 5) is 22.9. The quantitative estimate of drug-likeness (QED) is 0.413. The summed E-state index contributed by atoms with van der Waals surface area (Å²) in [6, 6.07) is 9.10. The van der Waals surface area contributed by atoms with Gasteiger partial charge < -0.3 is 13.6 Å². The molecule has 32 heavy (non-hydrogen) atoms. The summed E-state index contributed by atoms with van der Waals surface area (Å²) in [6.45, 7) is -0.596. The number of hydrazone groups is 1. The third kappa shape index (κ3) is 4.24. The van der Waals surface area contributed by atoms with Gasteiger partial charge in [-0.25, -0.2) is 18.6 Å². The van der Waals surface area contributed by atoms with Crippen LogP contribution in [0.25, 0.3) is 0 Å². The van der Waals surface area contributed by atoms with E-state index in [4.69, 9.17) is 18.7 Å². The number of benzene rings is 1. The van der Waals surface area contributed by atoms with Crippen molar-refractivity contribution >= 4 is 27.3 Å². The third-order valence-electron chi connectivity index (χ3n) is 4.65. The van der Waals surface area contributed by atoms with Gasteiger partial charge in [-0.1, -0.05) is 0 Å². The first-order chi connectivity index (χ1) is 15.2. The molecule has 1 aliphatic heterocycles. The first-order valence-electron chi connectivity index (χ1n) is 9.15. The van der Waals surface area contributed by atoms with E-state index in [0.29, 0.717) is 23.7 Å². The molecule has 13 heteroatoms. The highest BCUT2D eigenvalue weighted by molar-refractivity contribution is 7.89. The summed E-state index contributed by atoms with van der Waals surface area (Å²) in [5.74, 6) is 0.0941. The zero-order valence-electron chi connectivity index (χ0n) is 16.3. The topological polar surface area (TPSA) is 171 Å². The van der Waals surface area contributed by atoms with E-state index in [1.165, 1.54) is 17.5 Å². The number of primary sulfonamides is 1. The van der Waals surface area contributed by atoms with Gasteiger partial charge >= 0.3 is 5.69 Å². The molecule has 0 bridgehead atoms. The van der Waals surface area contributed by atoms with E-state index in [1.807, 2.05) is 0 Å². The Morgan fingerprint density at radius 3 is 2.62 bits per heavy atom. The molecule has 2 aromatic heterocycles. The summed E-state index contributed by atoms with van der Waals surface area (Å²) in [5, 5.41) is 21.8. The molecule has 0 radical (unpaired) electrons. The smallest absolute Gasteiger partial charge is 0.312 e. The summed E-state index contributed by atoms with van der Waals surface area (Å²) in [7, 11) is -4.15. The molecule has 0 saturated carbocycles. The number of carbonyl (C=O) groups is 1. The Morgan fingerprint density at radius 1 is 1.25 bits per heavy atom. The number of nitro benzene ring substituents is 1. The van der Waals surface area contributed by atoms with Crippen LogP contribution in [0.4, 0.5) is 5.69 Å². The number of hydrogen-bond donors (Lipinski definition) is 1. The average Bonchev–Trinajstić information content (AvgIpc) is 3.51. The van der Waals surface area contributed by atoms with E-state index in [9.17, 15) is 23.3 Å². The molecule has 4 rings (SSSR count). The molecule has 12 nitrogen and oxygen atoms in total. The number of sulfonamides is 1. The van der Waals surface area contributed by atoms with Crippen LogP contribution in [0.3, 0.4) is 0 Å². The van der Waals surface area contributed by atoms with Gasteiger partial charge in [0.05, 0.1) is 22.3 Å². The van der Waals surface area contributed by atoms with Crippen molar-refractivity contribution in [3.63, 3.8) is 0 Å². The van der Waals surface area contributed by atoms with Crippen LogP contribution in [0.5, 0.6) is 5.75 Å². The number of amides is 1. The fourth-order valence-corrected chi connectivity index (χ4v) is 3.71. The number of rotatable bonds is 7. The van der Waals surface area contributed by atoms with Crippen LogP contribution in [0, 0.1) is 10.1 Å². The SMILES string of the molecule is NS(=O)(=O)c1ccc(OCC(=O)N2N=C(c3ccco3)CC2c2ccco2)c([N+](=O)[O-])c1. The second-order valence-corrected chi connectivity index (χ2v) is 8.28. The van der Waals surface area contributed by atoms with Crippen molar-refractivity contribution in [2.24, 2.45) is 10.2 Å². The van der Waals surface area contributed by atoms with E-state index >= 15 is 0 Å². The first kappa shape index (κ1) is 21.3. The fraction of sp³-hybridized carbons (Fsp3) is 0.158. The Labute approximate surface area is 181 Å². The molecule has 0 saturated heterocycles. The van der Waals surface area contributed by atoms with E-state index in [1.54, 1.807) is 24.3 Å². The lowest BCUT2D eigenvalue weighted by Gasteiger charge is -2.20. The first-order valence-corrected chi connectivity index (χ1v) is 10.7. The van der Waals surface area contributed by atoms with Gasteiger partial charge in [0, 0.05) is 12.5 Å². The molecule has 3 heterocycles. The highest BCUT2D eigenvalue weighted by Gasteiger charge is 2.36. The van der Waals surface area contributed by atoms with Gasteiger partial charge in [-0.3, -0.25) is 14.9 Å². The van der Waals surface area contributed by atoms with Gasteiger partial charge in [-0.15, -0.1) is 0 Å². The lowest BCUT2D eigenvalue weighted by atomic mass is 10.1. The normalized spacial score (nSPS) is 16.1. The van der Waals surface area contributed by atoms with Crippen molar-refractivity contribution in [1.82, 2.24) is 5.01 Å². The lowest BCUT2D eigenvalue weighted by Crippen LogP contribution is -2.31. The minimum Gasteiger partial charge on any atom is -0.477 e. The van der Waals surface area contributed by atoms with Gasteiger partial charge in [0.15, 0.2) is 12.4 Å². The molecule has 1 aromatic carbocycles. The molecule has 2 N–H and O–H groups in total. The summed E-state index contributed by atoms with van der Waals surface area (Å²) >= 11 is 0. The summed E-state index contributed by atoms with van der Waals surface area (Å²) < 4.78 is 39.0. The van der Waals surface area contributed by atoms with Crippen molar-refractivity contribution in [2.45, 2.75) is 17.4 Å². The maximum Gasteiger partial charge on any atom is 0.312 e. The maximum atomic E-state index is 12.9. The number of nitrogens with two attached hydrogens (primary N) is 1. The summed E-state index contributed by atoms with van der Waals surface area (Å²) in [6.07, 6.45) is 3.28. The van der Waals surface area contributed by atoms with Crippen LogP contribution in [0.1, 0.15) is 24.0 Å². The Balaban J connectivity index is 1.56. The average molecular weight is 460 g/mol. The molecule has 0 spiro atoms. The highest BCUT2D eigenvalue weighted by Crippen LogP contribution is 2.34. The molecular formula is C19H16N4O8S. The monoisotopic (exact) mass is 460 g/mol. The van der Waals surface area contributed by atoms with Crippen molar-refractivity contribution in [3.8, 4) is 5.75 Å². The van der Waals surface area contributed by atoms with E-state index in [0.717, 1.165) is 18.2 Å². The molecule has 1 unspecified atom stereocenters. The van der Waals surface area contributed by atoms with Crippen molar-refractivity contribution < 1.29 is 31.7 Å². The molecule has 1 atom stereocenters. The van der Waals surface area contributed by atoms with E-state index in [2.05, 4.69) is 5.10 Å². The Hall–Kier alpha value is -3.97. The maximum absolute atomic E-state index is 12.9. The molecule has 1 amide bonds. The number of hydrogen-bond acceptors (Lipinski definition) is 9. The molecular weight excluding hydrogens is 444 g/mol. The van der Waals surface area contributed by atoms with Crippen LogP contribution in [-0.2, 0) is 14.8 Å². The number of furan rings is 2. The predicted octanol–water partition coefficient (Wildman–Crippen LogP) is 2.18.